The largest absolute Gasteiger partial charge is 0.494 e. The van der Waals surface area contributed by atoms with Gasteiger partial charge in [0.15, 0.2) is 23.0 Å². The molecule has 17 heteroatoms. The summed E-state index contributed by atoms with van der Waals surface area (Å²) in [6.45, 7) is 9.24. The Labute approximate surface area is 423 Å². The third kappa shape index (κ3) is 9.19. The van der Waals surface area contributed by atoms with Crippen LogP contribution in [0.3, 0.4) is 0 Å². The Balaban J connectivity index is 0.734. The fourth-order valence-electron chi connectivity index (χ4n) is 12.3. The minimum Gasteiger partial charge on any atom is -0.494 e. The van der Waals surface area contributed by atoms with Crippen LogP contribution in [-0.4, -0.2) is 102 Å². The Morgan fingerprint density at radius 1 is 0.944 bits per heavy atom. The van der Waals surface area contributed by atoms with Gasteiger partial charge in [-0.1, -0.05) is 54.4 Å². The number of anilines is 1. The molecule has 0 bridgehead atoms. The van der Waals surface area contributed by atoms with Crippen LogP contribution in [0.1, 0.15) is 109 Å². The first-order valence-corrected chi connectivity index (χ1v) is 25.8. The summed E-state index contributed by atoms with van der Waals surface area (Å²) in [6.07, 6.45) is 7.51. The van der Waals surface area contributed by atoms with Gasteiger partial charge in [0.25, 0.3) is 0 Å². The molecule has 1 aromatic heterocycles. The number of aryl methyl sites for hydroxylation is 2. The van der Waals surface area contributed by atoms with Gasteiger partial charge in [0, 0.05) is 92.2 Å². The number of aromatic nitrogens is 2. The molecule has 14 nitrogen and oxygen atoms in total. The number of primary amides is 1. The third-order valence-corrected chi connectivity index (χ3v) is 16.8. The zero-order valence-corrected chi connectivity index (χ0v) is 42.1. The van der Waals surface area contributed by atoms with Gasteiger partial charge in [0.2, 0.25) is 17.7 Å². The number of hydrogen-bond acceptors (Lipinski definition) is 9. The number of nitrogens with zero attached hydrogens (tertiary/aromatic N) is 5. The first kappa shape index (κ1) is 49.5. The van der Waals surface area contributed by atoms with Crippen molar-refractivity contribution < 1.29 is 37.4 Å². The summed E-state index contributed by atoms with van der Waals surface area (Å²) in [4.78, 5) is 57.3. The van der Waals surface area contributed by atoms with E-state index in [2.05, 4.69) is 43.7 Å². The van der Waals surface area contributed by atoms with Gasteiger partial charge < -0.3 is 30.3 Å². The molecule has 5 heterocycles. The maximum atomic E-state index is 16.3. The Morgan fingerprint density at radius 3 is 2.39 bits per heavy atom. The summed E-state index contributed by atoms with van der Waals surface area (Å²) in [7, 11) is 3.20. The van der Waals surface area contributed by atoms with E-state index in [1.54, 1.807) is 4.90 Å². The number of ether oxygens (including phenoxy) is 2. The number of benzene rings is 4. The molecule has 4 aromatic carbocycles. The van der Waals surface area contributed by atoms with Crippen molar-refractivity contribution in [2.45, 2.75) is 95.1 Å². The lowest BCUT2D eigenvalue weighted by molar-refractivity contribution is -0.138. The first-order valence-electron chi connectivity index (χ1n) is 25.4. The number of halogens is 3. The standard InChI is InChI=1S/C55H63ClF2N8O6/c1-31-6-5-7-37(26-31)55(32(2)46-44(72-55)28-41(57)49(56)48(46)47-40(51(59)68)14-15-43(71-4)50(47)58)30-60-38-11-8-35(9-12-38)53(69)65-23-16-33(17-24-65)29-64-21-18-34(19-22-64)36-10-13-39-42(27-36)63(3)62-52(39)66-25-20-45(67)61-54(66)70/h5-7,10,13-15,26-28,32-35,38,60H,8-9,11-12,16-25,29-30H2,1-4H3,(H2,59,68)(H,61,67,70)/t32-,35?,38?,55?/m0/s1. The molecule has 0 radical (unpaired) electrons. The van der Waals surface area contributed by atoms with Crippen molar-refractivity contribution in [3.8, 4) is 22.6 Å². The van der Waals surface area contributed by atoms with Gasteiger partial charge in [0.1, 0.15) is 11.6 Å². The molecule has 0 spiro atoms. The van der Waals surface area contributed by atoms with E-state index in [1.807, 2.05) is 49.8 Å². The number of fused-ring (bicyclic) bond motifs is 2. The highest BCUT2D eigenvalue weighted by atomic mass is 35.5. The number of rotatable bonds is 12. The highest BCUT2D eigenvalue weighted by molar-refractivity contribution is 6.34. The van der Waals surface area contributed by atoms with E-state index in [4.69, 9.17) is 26.8 Å². The molecular weight excluding hydrogens is 942 g/mol. The van der Waals surface area contributed by atoms with Crippen molar-refractivity contribution >= 4 is 52.1 Å². The highest BCUT2D eigenvalue weighted by Gasteiger charge is 2.50. The number of hydrogen-bond donors (Lipinski definition) is 3. The van der Waals surface area contributed by atoms with Crippen molar-refractivity contribution in [3.05, 3.63) is 105 Å². The fourth-order valence-corrected chi connectivity index (χ4v) is 12.5. The van der Waals surface area contributed by atoms with Crippen molar-refractivity contribution in [1.82, 2.24) is 30.2 Å². The molecule has 5 aliphatic rings. The van der Waals surface area contributed by atoms with Gasteiger partial charge in [-0.2, -0.15) is 5.10 Å². The summed E-state index contributed by atoms with van der Waals surface area (Å²) < 4.78 is 46.1. The molecule has 4 fully saturated rings. The lowest BCUT2D eigenvalue weighted by atomic mass is 9.76. The summed E-state index contributed by atoms with van der Waals surface area (Å²) in [5.74, 6) is -1.55. The molecule has 72 heavy (non-hydrogen) atoms. The topological polar surface area (TPSA) is 164 Å². The van der Waals surface area contributed by atoms with Crippen LogP contribution in [0, 0.1) is 30.4 Å². The first-order chi connectivity index (χ1) is 34.6. The van der Waals surface area contributed by atoms with Gasteiger partial charge in [-0.25, -0.2) is 13.6 Å². The number of methoxy groups -OCH3 is 1. The van der Waals surface area contributed by atoms with Crippen LogP contribution in [-0.2, 0) is 22.2 Å². The van der Waals surface area contributed by atoms with Gasteiger partial charge in [-0.05, 0) is 119 Å². The quantitative estimate of drug-likeness (QED) is 0.111. The van der Waals surface area contributed by atoms with Gasteiger partial charge in [-0.3, -0.25) is 29.3 Å². The molecule has 1 aliphatic carbocycles. The maximum absolute atomic E-state index is 16.3. The normalized spacial score (nSPS) is 23.3. The van der Waals surface area contributed by atoms with E-state index in [1.165, 1.54) is 30.9 Å². The second kappa shape index (κ2) is 20.1. The zero-order valence-electron chi connectivity index (χ0n) is 41.4. The zero-order chi connectivity index (χ0) is 50.6. The Kier molecular flexibility index (Phi) is 13.8. The van der Waals surface area contributed by atoms with Crippen LogP contribution in [0.5, 0.6) is 11.5 Å². The van der Waals surface area contributed by atoms with Gasteiger partial charge in [0.05, 0.1) is 23.2 Å². The number of carbonyl (C=O) groups excluding carboxylic acids is 4. The second-order valence-electron chi connectivity index (χ2n) is 20.7. The summed E-state index contributed by atoms with van der Waals surface area (Å²) in [5.41, 5.74) is 8.86. The van der Waals surface area contributed by atoms with Crippen LogP contribution in [0.2, 0.25) is 5.02 Å². The molecule has 380 valence electrons. The average molecular weight is 1010 g/mol. The molecule has 3 saturated heterocycles. The van der Waals surface area contributed by atoms with Gasteiger partial charge in [-0.15, -0.1) is 0 Å². The molecule has 4 N–H and O–H groups in total. The summed E-state index contributed by atoms with van der Waals surface area (Å²) in [6, 6.07) is 17.9. The smallest absolute Gasteiger partial charge is 0.329 e. The number of urea groups is 1. The number of amides is 5. The number of imide groups is 1. The Bertz CT molecular complexity index is 2940. The predicted molar refractivity (Wildman–Crippen MR) is 271 cm³/mol. The fraction of sp³-hybridized carbons (Fsp3) is 0.473. The van der Waals surface area contributed by atoms with E-state index in [-0.39, 0.29) is 63.4 Å². The van der Waals surface area contributed by atoms with E-state index in [0.29, 0.717) is 36.3 Å². The van der Waals surface area contributed by atoms with E-state index < -0.39 is 35.1 Å². The van der Waals surface area contributed by atoms with E-state index >= 15 is 8.78 Å². The lowest BCUT2D eigenvalue weighted by Gasteiger charge is -2.40. The van der Waals surface area contributed by atoms with Crippen LogP contribution in [0.15, 0.2) is 60.7 Å². The number of nitrogens with two attached hydrogens (primary N) is 1. The van der Waals surface area contributed by atoms with Crippen molar-refractivity contribution in [2.75, 3.05) is 57.8 Å². The monoisotopic (exact) mass is 1000 g/mol. The van der Waals surface area contributed by atoms with Crippen molar-refractivity contribution in [1.29, 1.82) is 0 Å². The molecule has 1 unspecified atom stereocenters. The molecule has 10 rings (SSSR count). The van der Waals surface area contributed by atoms with Crippen LogP contribution in [0.4, 0.5) is 19.4 Å². The highest BCUT2D eigenvalue weighted by Crippen LogP contribution is 2.57. The molecule has 5 aromatic rings. The molecule has 4 aliphatic heterocycles. The van der Waals surface area contributed by atoms with Crippen LogP contribution >= 0.6 is 11.6 Å². The summed E-state index contributed by atoms with van der Waals surface area (Å²) in [5, 5.41) is 11.4. The molecule has 5 amide bonds. The molecule has 2 atom stereocenters. The average Bonchev–Trinajstić information content (AvgIpc) is 3.85. The number of nitrogens with one attached hydrogen (secondary N) is 2. The Hall–Kier alpha value is -6.10. The molecule has 1 saturated carbocycles. The minimum absolute atomic E-state index is 0.00303. The second-order valence-corrected chi connectivity index (χ2v) is 21.0. The predicted octanol–water partition coefficient (Wildman–Crippen LogP) is 8.69. The lowest BCUT2D eigenvalue weighted by Crippen LogP contribution is -2.49. The van der Waals surface area contributed by atoms with Crippen LogP contribution in [0.25, 0.3) is 22.0 Å². The van der Waals surface area contributed by atoms with E-state index in [0.717, 1.165) is 106 Å². The van der Waals surface area contributed by atoms with Gasteiger partial charge >= 0.3 is 6.03 Å². The summed E-state index contributed by atoms with van der Waals surface area (Å²) >= 11 is 6.73. The maximum Gasteiger partial charge on any atom is 0.329 e. The number of piperidine rings is 2. The number of carbonyl (C=O) groups is 4. The third-order valence-electron chi connectivity index (χ3n) is 16.4. The minimum atomic E-state index is -1.07. The van der Waals surface area contributed by atoms with Crippen LogP contribution < -0.4 is 30.7 Å². The van der Waals surface area contributed by atoms with Crippen molar-refractivity contribution in [2.24, 2.45) is 24.6 Å². The number of likely N-dealkylation sites (tertiary alicyclic amines) is 2. The Morgan fingerprint density at radius 2 is 1.69 bits per heavy atom. The SMILES string of the molecule is COc1ccc(C(N)=O)c(-c2c(Cl)c(F)cc3c2[C@H](C)C(CNC2CCC(C(=O)N4CCC(CN5CCC(c6ccc7c(N8CCC(=O)NC8=O)nn(C)c7c6)CC5)CC4)CC2)(c2cccc(C)c2)O3)c1F. The van der Waals surface area contributed by atoms with Crippen molar-refractivity contribution in [3.63, 3.8) is 0 Å². The van der Waals surface area contributed by atoms with E-state index in [9.17, 15) is 19.2 Å². The molecular formula is C55H63ClF2N8O6.